The molecule has 1 aromatic rings. The molecule has 1 atom stereocenters. The minimum Gasteiger partial charge on any atom is -0.389 e. The molecule has 1 aromatic carbocycles. The van der Waals surface area contributed by atoms with Gasteiger partial charge in [-0.25, -0.2) is 8.42 Å². The van der Waals surface area contributed by atoms with E-state index >= 15 is 0 Å². The molecule has 0 aliphatic rings. The van der Waals surface area contributed by atoms with E-state index in [-0.39, 0.29) is 21.3 Å². The van der Waals surface area contributed by atoms with E-state index in [1.165, 1.54) is 16.4 Å². The molecule has 112 valence electrons. The zero-order valence-corrected chi connectivity index (χ0v) is 14.2. The Morgan fingerprint density at radius 3 is 2.05 bits per heavy atom. The zero-order chi connectivity index (χ0) is 15.7. The SMILES string of the molecule is CC(N(C)S(=O)(=O)c1ccc(C(N)=S)cc1)C(C)(C)C. The monoisotopic (exact) mass is 314 g/mol. The Hall–Kier alpha value is -0.980. The summed E-state index contributed by atoms with van der Waals surface area (Å²) in [6.07, 6.45) is 0. The van der Waals surface area contributed by atoms with Gasteiger partial charge >= 0.3 is 0 Å². The average Bonchev–Trinajstić information content (AvgIpc) is 2.35. The van der Waals surface area contributed by atoms with Crippen molar-refractivity contribution in [2.24, 2.45) is 11.1 Å². The van der Waals surface area contributed by atoms with Crippen LogP contribution in [0.25, 0.3) is 0 Å². The average molecular weight is 314 g/mol. The fourth-order valence-corrected chi connectivity index (χ4v) is 3.39. The van der Waals surface area contributed by atoms with E-state index in [9.17, 15) is 8.42 Å². The molecule has 2 N–H and O–H groups in total. The summed E-state index contributed by atoms with van der Waals surface area (Å²) < 4.78 is 26.5. The lowest BCUT2D eigenvalue weighted by molar-refractivity contribution is 0.216. The number of sulfonamides is 1. The summed E-state index contributed by atoms with van der Waals surface area (Å²) >= 11 is 4.86. The maximum absolute atomic E-state index is 12.6. The van der Waals surface area contributed by atoms with E-state index in [4.69, 9.17) is 18.0 Å². The molecule has 0 saturated heterocycles. The maximum Gasteiger partial charge on any atom is 0.243 e. The van der Waals surface area contributed by atoms with Crippen LogP contribution in [0.3, 0.4) is 0 Å². The Labute approximate surface area is 127 Å². The molecular weight excluding hydrogens is 292 g/mol. The normalized spacial score (nSPS) is 14.3. The van der Waals surface area contributed by atoms with Crippen LogP contribution in [0, 0.1) is 5.41 Å². The van der Waals surface area contributed by atoms with Gasteiger partial charge in [-0.05, 0) is 24.5 Å². The highest BCUT2D eigenvalue weighted by molar-refractivity contribution is 7.89. The van der Waals surface area contributed by atoms with Crippen LogP contribution in [0.1, 0.15) is 33.3 Å². The molecule has 0 fully saturated rings. The molecule has 0 saturated carbocycles. The van der Waals surface area contributed by atoms with E-state index in [1.807, 2.05) is 27.7 Å². The van der Waals surface area contributed by atoms with Gasteiger partial charge in [0.25, 0.3) is 0 Å². The Morgan fingerprint density at radius 2 is 1.70 bits per heavy atom. The quantitative estimate of drug-likeness (QED) is 0.867. The van der Waals surface area contributed by atoms with E-state index < -0.39 is 10.0 Å². The lowest BCUT2D eigenvalue weighted by atomic mass is 9.88. The fourth-order valence-electron chi connectivity index (χ4n) is 1.71. The van der Waals surface area contributed by atoms with Crippen molar-refractivity contribution in [1.29, 1.82) is 0 Å². The van der Waals surface area contributed by atoms with Gasteiger partial charge in [-0.3, -0.25) is 0 Å². The first-order valence-electron chi connectivity index (χ1n) is 6.36. The summed E-state index contributed by atoms with van der Waals surface area (Å²) in [5, 5.41) is 0. The highest BCUT2D eigenvalue weighted by Crippen LogP contribution is 2.27. The van der Waals surface area contributed by atoms with Crippen molar-refractivity contribution in [2.45, 2.75) is 38.6 Å². The fraction of sp³-hybridized carbons (Fsp3) is 0.500. The van der Waals surface area contributed by atoms with Crippen molar-refractivity contribution >= 4 is 27.2 Å². The summed E-state index contributed by atoms with van der Waals surface area (Å²) in [6.45, 7) is 7.94. The number of hydrogen-bond donors (Lipinski definition) is 1. The van der Waals surface area contributed by atoms with Crippen molar-refractivity contribution in [1.82, 2.24) is 4.31 Å². The van der Waals surface area contributed by atoms with E-state index in [2.05, 4.69) is 0 Å². The number of hydrogen-bond acceptors (Lipinski definition) is 3. The van der Waals surface area contributed by atoms with Gasteiger partial charge in [-0.15, -0.1) is 0 Å². The van der Waals surface area contributed by atoms with Gasteiger partial charge < -0.3 is 5.73 Å². The van der Waals surface area contributed by atoms with Gasteiger partial charge in [0.05, 0.1) is 4.90 Å². The molecule has 20 heavy (non-hydrogen) atoms. The summed E-state index contributed by atoms with van der Waals surface area (Å²) in [6, 6.07) is 6.21. The van der Waals surface area contributed by atoms with Crippen molar-refractivity contribution in [3.05, 3.63) is 29.8 Å². The summed E-state index contributed by atoms with van der Waals surface area (Å²) in [5.74, 6) is 0. The second kappa shape index (κ2) is 5.79. The minimum atomic E-state index is -3.51. The van der Waals surface area contributed by atoms with E-state index in [1.54, 1.807) is 19.2 Å². The first-order chi connectivity index (χ1) is 8.98. The topological polar surface area (TPSA) is 63.4 Å². The van der Waals surface area contributed by atoms with Crippen LogP contribution in [-0.2, 0) is 10.0 Å². The first kappa shape index (κ1) is 17.1. The Bertz CT molecular complexity index is 587. The lowest BCUT2D eigenvalue weighted by Crippen LogP contribution is -2.42. The predicted molar refractivity (Wildman–Crippen MR) is 86.2 cm³/mol. The van der Waals surface area contributed by atoms with Crippen molar-refractivity contribution in [2.75, 3.05) is 7.05 Å². The van der Waals surface area contributed by atoms with Gasteiger partial charge in [0.2, 0.25) is 10.0 Å². The number of thiocarbonyl (C=S) groups is 1. The molecule has 1 unspecified atom stereocenters. The second-order valence-corrected chi connectivity index (χ2v) is 8.39. The van der Waals surface area contributed by atoms with Crippen LogP contribution in [0.15, 0.2) is 29.2 Å². The molecule has 0 aromatic heterocycles. The molecule has 0 radical (unpaired) electrons. The van der Waals surface area contributed by atoms with Gasteiger partial charge in [0.15, 0.2) is 0 Å². The largest absolute Gasteiger partial charge is 0.389 e. The standard InChI is InChI=1S/C14H22N2O2S2/c1-10(14(2,3)4)16(5)20(17,18)12-8-6-11(7-9-12)13(15)19/h6-10H,1-5H3,(H2,15,19). The number of benzene rings is 1. The number of rotatable bonds is 4. The molecule has 1 rings (SSSR count). The smallest absolute Gasteiger partial charge is 0.243 e. The second-order valence-electron chi connectivity index (χ2n) is 5.95. The van der Waals surface area contributed by atoms with Crippen LogP contribution < -0.4 is 5.73 Å². The van der Waals surface area contributed by atoms with Crippen LogP contribution in [0.4, 0.5) is 0 Å². The highest BCUT2D eigenvalue weighted by Gasteiger charge is 2.32. The molecule has 6 heteroatoms. The Balaban J connectivity index is 3.13. The first-order valence-corrected chi connectivity index (χ1v) is 8.20. The predicted octanol–water partition coefficient (Wildman–Crippen LogP) is 2.38. The van der Waals surface area contributed by atoms with Crippen LogP contribution >= 0.6 is 12.2 Å². The Morgan fingerprint density at radius 1 is 1.25 bits per heavy atom. The third kappa shape index (κ3) is 3.56. The zero-order valence-electron chi connectivity index (χ0n) is 12.5. The molecule has 0 heterocycles. The number of nitrogens with zero attached hydrogens (tertiary/aromatic N) is 1. The van der Waals surface area contributed by atoms with E-state index in [0.717, 1.165) is 0 Å². The van der Waals surface area contributed by atoms with Crippen molar-refractivity contribution < 1.29 is 8.42 Å². The van der Waals surface area contributed by atoms with Crippen molar-refractivity contribution in [3.63, 3.8) is 0 Å². The molecule has 0 aliphatic carbocycles. The van der Waals surface area contributed by atoms with Gasteiger partial charge in [0, 0.05) is 18.7 Å². The van der Waals surface area contributed by atoms with Gasteiger partial charge in [-0.1, -0.05) is 45.1 Å². The third-order valence-corrected chi connectivity index (χ3v) is 5.79. The van der Waals surface area contributed by atoms with Gasteiger partial charge in [0.1, 0.15) is 4.99 Å². The molecule has 0 spiro atoms. The summed E-state index contributed by atoms with van der Waals surface area (Å²) in [7, 11) is -1.91. The minimum absolute atomic E-state index is 0.122. The van der Waals surface area contributed by atoms with Crippen LogP contribution in [0.5, 0.6) is 0 Å². The van der Waals surface area contributed by atoms with Crippen molar-refractivity contribution in [3.8, 4) is 0 Å². The van der Waals surface area contributed by atoms with Crippen LogP contribution in [0.2, 0.25) is 0 Å². The lowest BCUT2D eigenvalue weighted by Gasteiger charge is -2.34. The third-order valence-electron chi connectivity index (χ3n) is 3.61. The highest BCUT2D eigenvalue weighted by atomic mass is 32.2. The summed E-state index contributed by atoms with van der Waals surface area (Å²) in [4.78, 5) is 0.501. The molecule has 4 nitrogen and oxygen atoms in total. The maximum atomic E-state index is 12.6. The molecular formula is C14H22N2O2S2. The Kier molecular flexibility index (Phi) is 4.94. The molecule has 0 aliphatic heterocycles. The number of nitrogens with two attached hydrogens (primary N) is 1. The molecule has 0 amide bonds. The van der Waals surface area contributed by atoms with Gasteiger partial charge in [-0.2, -0.15) is 4.31 Å². The van der Waals surface area contributed by atoms with E-state index in [0.29, 0.717) is 5.56 Å². The molecule has 0 bridgehead atoms. The summed E-state index contributed by atoms with van der Waals surface area (Å²) in [5.41, 5.74) is 6.03. The van der Waals surface area contributed by atoms with Crippen LogP contribution in [-0.4, -0.2) is 30.8 Å².